The van der Waals surface area contributed by atoms with Crippen molar-refractivity contribution in [2.24, 2.45) is 0 Å². The molecule has 0 aliphatic rings. The van der Waals surface area contributed by atoms with Crippen molar-refractivity contribution in [2.45, 2.75) is 4.90 Å². The van der Waals surface area contributed by atoms with Gasteiger partial charge in [0.05, 0.1) is 10.5 Å². The van der Waals surface area contributed by atoms with Crippen LogP contribution in [0.2, 0.25) is 0 Å². The predicted molar refractivity (Wildman–Crippen MR) is 105 cm³/mol. The summed E-state index contributed by atoms with van der Waals surface area (Å²) in [6, 6.07) is 21.0. The molecule has 3 aromatic rings. The highest BCUT2D eigenvalue weighted by Crippen LogP contribution is 2.20. The Bertz CT molecular complexity index is 1040. The summed E-state index contributed by atoms with van der Waals surface area (Å²) < 4.78 is 32.5. The van der Waals surface area contributed by atoms with Crippen LogP contribution in [0.1, 0.15) is 15.9 Å². The molecule has 0 unspecified atom stereocenters. The number of rotatable bonds is 6. The lowest BCUT2D eigenvalue weighted by molar-refractivity contribution is 0.0734. The van der Waals surface area contributed by atoms with Crippen LogP contribution in [0.3, 0.4) is 0 Å². The zero-order chi connectivity index (χ0) is 19.3. The van der Waals surface area contributed by atoms with Gasteiger partial charge < -0.3 is 4.74 Å². The first kappa shape index (κ1) is 18.4. The fraction of sp³-hybridized carbons (Fsp3) is 0. The van der Waals surface area contributed by atoms with Crippen LogP contribution in [-0.4, -0.2) is 14.4 Å². The smallest absolute Gasteiger partial charge is 0.343 e. The quantitative estimate of drug-likeness (QED) is 0.510. The lowest BCUT2D eigenvalue weighted by atomic mass is 10.1. The van der Waals surface area contributed by atoms with E-state index >= 15 is 0 Å². The van der Waals surface area contributed by atoms with E-state index in [9.17, 15) is 13.2 Å². The van der Waals surface area contributed by atoms with E-state index in [2.05, 4.69) is 11.3 Å². The molecule has 0 amide bonds. The van der Waals surface area contributed by atoms with E-state index in [1.807, 2.05) is 0 Å². The topological polar surface area (TPSA) is 72.5 Å². The van der Waals surface area contributed by atoms with E-state index in [4.69, 9.17) is 4.74 Å². The second-order valence-electron chi connectivity index (χ2n) is 5.66. The summed E-state index contributed by atoms with van der Waals surface area (Å²) in [5.74, 6) is -0.268. The van der Waals surface area contributed by atoms with E-state index in [0.717, 1.165) is 5.56 Å². The van der Waals surface area contributed by atoms with Crippen molar-refractivity contribution in [1.82, 2.24) is 0 Å². The SMILES string of the molecule is C=Cc1ccc(C(=O)Oc2ccc(S(=O)(=O)Nc3ccccc3)cc2)cc1. The average Bonchev–Trinajstić information content (AvgIpc) is 2.69. The van der Waals surface area contributed by atoms with E-state index in [0.29, 0.717) is 11.3 Å². The number of hydrogen-bond acceptors (Lipinski definition) is 4. The Hall–Kier alpha value is -3.38. The van der Waals surface area contributed by atoms with Gasteiger partial charge in [-0.1, -0.05) is 43.0 Å². The van der Waals surface area contributed by atoms with Crippen molar-refractivity contribution in [3.05, 3.63) is 96.6 Å². The molecule has 1 N–H and O–H groups in total. The minimum atomic E-state index is -3.72. The van der Waals surface area contributed by atoms with Gasteiger partial charge in [0.25, 0.3) is 10.0 Å². The Morgan fingerprint density at radius 2 is 1.52 bits per heavy atom. The van der Waals surface area contributed by atoms with Crippen molar-refractivity contribution in [2.75, 3.05) is 4.72 Å². The van der Waals surface area contributed by atoms with Crippen LogP contribution in [0.15, 0.2) is 90.3 Å². The Balaban J connectivity index is 1.70. The molecule has 0 saturated carbocycles. The molecule has 0 fully saturated rings. The number of para-hydroxylation sites is 1. The standard InChI is InChI=1S/C21H17NO4S/c1-2-16-8-10-17(11-9-16)21(23)26-19-12-14-20(15-13-19)27(24,25)22-18-6-4-3-5-7-18/h2-15,22H,1H2. The zero-order valence-corrected chi connectivity index (χ0v) is 15.1. The molecule has 27 heavy (non-hydrogen) atoms. The third-order valence-corrected chi connectivity index (χ3v) is 5.15. The highest BCUT2D eigenvalue weighted by atomic mass is 32.2. The van der Waals surface area contributed by atoms with Crippen molar-refractivity contribution in [3.63, 3.8) is 0 Å². The second kappa shape index (κ2) is 7.88. The van der Waals surface area contributed by atoms with E-state index in [-0.39, 0.29) is 10.6 Å². The third kappa shape index (κ3) is 4.62. The van der Waals surface area contributed by atoms with Crippen molar-refractivity contribution < 1.29 is 17.9 Å². The number of ether oxygens (including phenoxy) is 1. The molecular weight excluding hydrogens is 362 g/mol. The molecule has 5 nitrogen and oxygen atoms in total. The van der Waals surface area contributed by atoms with Gasteiger partial charge in [-0.05, 0) is 54.1 Å². The fourth-order valence-corrected chi connectivity index (χ4v) is 3.39. The molecule has 0 bridgehead atoms. The van der Waals surface area contributed by atoms with Gasteiger partial charge in [-0.25, -0.2) is 13.2 Å². The molecule has 0 radical (unpaired) electrons. The third-order valence-electron chi connectivity index (χ3n) is 3.75. The van der Waals surface area contributed by atoms with Crippen LogP contribution in [0, 0.1) is 0 Å². The monoisotopic (exact) mass is 379 g/mol. The summed E-state index contributed by atoms with van der Waals surface area (Å²) in [4.78, 5) is 12.2. The Kier molecular flexibility index (Phi) is 5.38. The average molecular weight is 379 g/mol. The minimum absolute atomic E-state index is 0.0708. The zero-order valence-electron chi connectivity index (χ0n) is 14.3. The van der Waals surface area contributed by atoms with Gasteiger partial charge in [0.2, 0.25) is 0 Å². The van der Waals surface area contributed by atoms with Crippen LogP contribution >= 0.6 is 0 Å². The van der Waals surface area contributed by atoms with Crippen molar-refractivity contribution in [3.8, 4) is 5.75 Å². The highest BCUT2D eigenvalue weighted by Gasteiger charge is 2.15. The molecule has 0 spiro atoms. The lowest BCUT2D eigenvalue weighted by Crippen LogP contribution is -2.13. The number of esters is 1. The van der Waals surface area contributed by atoms with Crippen LogP contribution < -0.4 is 9.46 Å². The van der Waals surface area contributed by atoms with Gasteiger partial charge in [0.1, 0.15) is 5.75 Å². The van der Waals surface area contributed by atoms with E-state index in [1.165, 1.54) is 24.3 Å². The lowest BCUT2D eigenvalue weighted by Gasteiger charge is -2.09. The van der Waals surface area contributed by atoms with Gasteiger partial charge in [-0.3, -0.25) is 4.72 Å². The van der Waals surface area contributed by atoms with E-state index < -0.39 is 16.0 Å². The molecule has 0 heterocycles. The van der Waals surface area contributed by atoms with Crippen LogP contribution in [0.4, 0.5) is 5.69 Å². The van der Waals surface area contributed by atoms with Crippen LogP contribution in [-0.2, 0) is 10.0 Å². The predicted octanol–water partition coefficient (Wildman–Crippen LogP) is 4.35. The van der Waals surface area contributed by atoms with E-state index in [1.54, 1.807) is 60.7 Å². The van der Waals surface area contributed by atoms with Gasteiger partial charge in [-0.15, -0.1) is 0 Å². The van der Waals surface area contributed by atoms with Crippen molar-refractivity contribution >= 4 is 27.8 Å². The number of carbonyl (C=O) groups excluding carboxylic acids is 1. The maximum absolute atomic E-state index is 12.4. The Morgan fingerprint density at radius 3 is 2.11 bits per heavy atom. The summed E-state index contributed by atoms with van der Waals surface area (Å²) in [6.45, 7) is 3.66. The summed E-state index contributed by atoms with van der Waals surface area (Å²) in [6.07, 6.45) is 1.68. The summed E-state index contributed by atoms with van der Waals surface area (Å²) >= 11 is 0. The number of carbonyl (C=O) groups is 1. The second-order valence-corrected chi connectivity index (χ2v) is 7.34. The molecule has 6 heteroatoms. The number of benzene rings is 3. The van der Waals surface area contributed by atoms with Crippen LogP contribution in [0.25, 0.3) is 6.08 Å². The van der Waals surface area contributed by atoms with Gasteiger partial charge in [-0.2, -0.15) is 0 Å². The van der Waals surface area contributed by atoms with Gasteiger partial charge in [0, 0.05) is 5.69 Å². The van der Waals surface area contributed by atoms with Crippen molar-refractivity contribution in [1.29, 1.82) is 0 Å². The largest absolute Gasteiger partial charge is 0.423 e. The molecule has 0 atom stereocenters. The number of hydrogen-bond donors (Lipinski definition) is 1. The summed E-state index contributed by atoms with van der Waals surface area (Å²) in [7, 11) is -3.72. The minimum Gasteiger partial charge on any atom is -0.423 e. The molecule has 136 valence electrons. The normalized spacial score (nSPS) is 10.8. The molecule has 0 aliphatic heterocycles. The summed E-state index contributed by atoms with van der Waals surface area (Å²) in [5, 5.41) is 0. The maximum Gasteiger partial charge on any atom is 0.343 e. The number of sulfonamides is 1. The molecular formula is C21H17NO4S. The molecule has 3 rings (SSSR count). The molecule has 0 aliphatic carbocycles. The first-order valence-electron chi connectivity index (χ1n) is 8.10. The molecule has 0 saturated heterocycles. The Morgan fingerprint density at radius 1 is 0.889 bits per heavy atom. The number of anilines is 1. The van der Waals surface area contributed by atoms with Gasteiger partial charge in [0.15, 0.2) is 0 Å². The first-order chi connectivity index (χ1) is 13.0. The number of nitrogens with one attached hydrogen (secondary N) is 1. The molecule has 0 aromatic heterocycles. The Labute approximate surface area is 158 Å². The first-order valence-corrected chi connectivity index (χ1v) is 9.59. The fourth-order valence-electron chi connectivity index (χ4n) is 2.33. The van der Waals surface area contributed by atoms with Gasteiger partial charge >= 0.3 is 5.97 Å². The maximum atomic E-state index is 12.4. The molecule has 3 aromatic carbocycles. The highest BCUT2D eigenvalue weighted by molar-refractivity contribution is 7.92. The summed E-state index contributed by atoms with van der Waals surface area (Å²) in [5.41, 5.74) is 1.76. The van der Waals surface area contributed by atoms with Crippen LogP contribution in [0.5, 0.6) is 5.75 Å².